The second kappa shape index (κ2) is 6.85. The van der Waals surface area contributed by atoms with Crippen LogP contribution in [-0.2, 0) is 13.0 Å². The lowest BCUT2D eigenvalue weighted by Crippen LogP contribution is -2.04. The summed E-state index contributed by atoms with van der Waals surface area (Å²) >= 11 is 0. The molecule has 0 saturated heterocycles. The van der Waals surface area contributed by atoms with Crippen LogP contribution in [0, 0.1) is 0 Å². The van der Waals surface area contributed by atoms with Crippen LogP contribution in [0.1, 0.15) is 18.1 Å². The Bertz CT molecular complexity index is 567. The summed E-state index contributed by atoms with van der Waals surface area (Å²) in [6.45, 7) is 2.87. The first kappa shape index (κ1) is 14.3. The van der Waals surface area contributed by atoms with Gasteiger partial charge < -0.3 is 14.8 Å². The predicted molar refractivity (Wildman–Crippen MR) is 82.7 cm³/mol. The van der Waals surface area contributed by atoms with Crippen LogP contribution in [0.25, 0.3) is 0 Å². The summed E-state index contributed by atoms with van der Waals surface area (Å²) in [4.78, 5) is 0. The summed E-state index contributed by atoms with van der Waals surface area (Å²) in [7, 11) is 3.36. The molecule has 1 N–H and O–H groups in total. The van der Waals surface area contributed by atoms with Crippen molar-refractivity contribution in [1.29, 1.82) is 0 Å². The molecule has 106 valence electrons. The molecule has 0 spiro atoms. The van der Waals surface area contributed by atoms with Crippen molar-refractivity contribution >= 4 is 5.69 Å². The van der Waals surface area contributed by atoms with Gasteiger partial charge in [0.25, 0.3) is 0 Å². The average Bonchev–Trinajstić information content (AvgIpc) is 2.52. The smallest absolute Gasteiger partial charge is 0.124 e. The van der Waals surface area contributed by atoms with Gasteiger partial charge in [0.1, 0.15) is 11.5 Å². The molecule has 0 heterocycles. The molecular weight excluding hydrogens is 250 g/mol. The second-order valence-electron chi connectivity index (χ2n) is 4.54. The van der Waals surface area contributed by atoms with Crippen molar-refractivity contribution in [3.05, 3.63) is 53.6 Å². The number of benzene rings is 2. The molecule has 3 nitrogen and oxygen atoms in total. The normalized spacial score (nSPS) is 10.2. The van der Waals surface area contributed by atoms with Crippen molar-refractivity contribution in [3.63, 3.8) is 0 Å². The Kier molecular flexibility index (Phi) is 4.88. The van der Waals surface area contributed by atoms with E-state index in [1.807, 2.05) is 24.3 Å². The summed E-state index contributed by atoms with van der Waals surface area (Å²) in [6.07, 6.45) is 1.01. The number of ether oxygens (including phenoxy) is 2. The van der Waals surface area contributed by atoms with Gasteiger partial charge in [-0.1, -0.05) is 25.1 Å². The number of nitrogens with one attached hydrogen (secondary N) is 1. The highest BCUT2D eigenvalue weighted by Gasteiger charge is 2.06. The van der Waals surface area contributed by atoms with E-state index in [0.717, 1.165) is 23.5 Å². The second-order valence-corrected chi connectivity index (χ2v) is 4.54. The fourth-order valence-electron chi connectivity index (χ4n) is 2.21. The lowest BCUT2D eigenvalue weighted by Gasteiger charge is -2.14. The lowest BCUT2D eigenvalue weighted by atomic mass is 10.1. The number of anilines is 1. The van der Waals surface area contributed by atoms with Crippen LogP contribution >= 0.6 is 0 Å². The molecule has 0 fully saturated rings. The van der Waals surface area contributed by atoms with Crippen LogP contribution in [0.5, 0.6) is 11.5 Å². The number of para-hydroxylation sites is 1. The molecule has 0 bridgehead atoms. The van der Waals surface area contributed by atoms with Gasteiger partial charge in [-0.15, -0.1) is 0 Å². The third-order valence-corrected chi connectivity index (χ3v) is 3.36. The van der Waals surface area contributed by atoms with E-state index < -0.39 is 0 Å². The molecule has 0 aliphatic carbocycles. The molecule has 0 radical (unpaired) electrons. The average molecular weight is 271 g/mol. The summed E-state index contributed by atoms with van der Waals surface area (Å²) in [5.74, 6) is 1.71. The summed E-state index contributed by atoms with van der Waals surface area (Å²) < 4.78 is 10.7. The number of methoxy groups -OCH3 is 2. The van der Waals surface area contributed by atoms with Gasteiger partial charge in [0.2, 0.25) is 0 Å². The SMILES string of the molecule is CCc1ccccc1NCc1cc(OC)ccc1OC. The number of rotatable bonds is 6. The molecule has 0 aliphatic heterocycles. The van der Waals surface area contributed by atoms with E-state index >= 15 is 0 Å². The maximum absolute atomic E-state index is 5.39. The molecule has 0 saturated carbocycles. The highest BCUT2D eigenvalue weighted by atomic mass is 16.5. The minimum atomic E-state index is 0.706. The molecule has 2 aromatic carbocycles. The quantitative estimate of drug-likeness (QED) is 0.865. The van der Waals surface area contributed by atoms with Crippen LogP contribution in [0.2, 0.25) is 0 Å². The van der Waals surface area contributed by atoms with E-state index in [1.165, 1.54) is 11.3 Å². The third-order valence-electron chi connectivity index (χ3n) is 3.36. The predicted octanol–water partition coefficient (Wildman–Crippen LogP) is 3.88. The molecular formula is C17H21NO2. The van der Waals surface area contributed by atoms with E-state index in [9.17, 15) is 0 Å². The highest BCUT2D eigenvalue weighted by molar-refractivity contribution is 5.52. The molecule has 2 aromatic rings. The molecule has 20 heavy (non-hydrogen) atoms. The van der Waals surface area contributed by atoms with Gasteiger partial charge >= 0.3 is 0 Å². The maximum Gasteiger partial charge on any atom is 0.124 e. The minimum Gasteiger partial charge on any atom is -0.497 e. The topological polar surface area (TPSA) is 30.5 Å². The van der Waals surface area contributed by atoms with Crippen molar-refractivity contribution in [2.24, 2.45) is 0 Å². The van der Waals surface area contributed by atoms with Crippen LogP contribution < -0.4 is 14.8 Å². The van der Waals surface area contributed by atoms with Crippen molar-refractivity contribution in [2.45, 2.75) is 19.9 Å². The van der Waals surface area contributed by atoms with Gasteiger partial charge in [-0.3, -0.25) is 0 Å². The van der Waals surface area contributed by atoms with Crippen molar-refractivity contribution in [2.75, 3.05) is 19.5 Å². The summed E-state index contributed by atoms with van der Waals surface area (Å²) in [5, 5.41) is 3.47. The zero-order valence-electron chi connectivity index (χ0n) is 12.3. The van der Waals surface area contributed by atoms with Crippen molar-refractivity contribution in [3.8, 4) is 11.5 Å². The first-order valence-corrected chi connectivity index (χ1v) is 6.81. The Morgan fingerprint density at radius 3 is 2.45 bits per heavy atom. The monoisotopic (exact) mass is 271 g/mol. The maximum atomic E-state index is 5.39. The van der Waals surface area contributed by atoms with Gasteiger partial charge in [-0.25, -0.2) is 0 Å². The zero-order valence-corrected chi connectivity index (χ0v) is 12.3. The van der Waals surface area contributed by atoms with E-state index in [0.29, 0.717) is 6.54 Å². The van der Waals surface area contributed by atoms with Crippen molar-refractivity contribution < 1.29 is 9.47 Å². The zero-order chi connectivity index (χ0) is 14.4. The highest BCUT2D eigenvalue weighted by Crippen LogP contribution is 2.25. The number of aryl methyl sites for hydroxylation is 1. The van der Waals surface area contributed by atoms with E-state index in [4.69, 9.17) is 9.47 Å². The molecule has 0 atom stereocenters. The lowest BCUT2D eigenvalue weighted by molar-refractivity contribution is 0.399. The Morgan fingerprint density at radius 1 is 0.950 bits per heavy atom. The van der Waals surface area contributed by atoms with Crippen molar-refractivity contribution in [1.82, 2.24) is 0 Å². The molecule has 0 aromatic heterocycles. The fourth-order valence-corrected chi connectivity index (χ4v) is 2.21. The van der Waals surface area contributed by atoms with Gasteiger partial charge in [0.15, 0.2) is 0 Å². The Balaban J connectivity index is 2.17. The molecule has 0 amide bonds. The molecule has 0 aliphatic rings. The van der Waals surface area contributed by atoms with Gasteiger partial charge in [-0.2, -0.15) is 0 Å². The van der Waals surface area contributed by atoms with Crippen LogP contribution in [-0.4, -0.2) is 14.2 Å². The first-order valence-electron chi connectivity index (χ1n) is 6.81. The van der Waals surface area contributed by atoms with E-state index in [2.05, 4.69) is 30.4 Å². The Morgan fingerprint density at radius 2 is 1.75 bits per heavy atom. The van der Waals surface area contributed by atoms with Gasteiger partial charge in [0.05, 0.1) is 14.2 Å². The van der Waals surface area contributed by atoms with Crippen LogP contribution in [0.3, 0.4) is 0 Å². The number of hydrogen-bond acceptors (Lipinski definition) is 3. The number of hydrogen-bond donors (Lipinski definition) is 1. The largest absolute Gasteiger partial charge is 0.497 e. The fraction of sp³-hybridized carbons (Fsp3) is 0.294. The van der Waals surface area contributed by atoms with Crippen LogP contribution in [0.15, 0.2) is 42.5 Å². The molecule has 2 rings (SSSR count). The standard InChI is InChI=1S/C17H21NO2/c1-4-13-7-5-6-8-16(13)18-12-14-11-15(19-2)9-10-17(14)20-3/h5-11,18H,4,12H2,1-3H3. The molecule has 0 unspecified atom stereocenters. The summed E-state index contributed by atoms with van der Waals surface area (Å²) in [5.41, 5.74) is 3.56. The van der Waals surface area contributed by atoms with E-state index in [-0.39, 0.29) is 0 Å². The van der Waals surface area contributed by atoms with E-state index in [1.54, 1.807) is 14.2 Å². The Hall–Kier alpha value is -2.16. The molecule has 3 heteroatoms. The van der Waals surface area contributed by atoms with Gasteiger partial charge in [-0.05, 0) is 36.2 Å². The third kappa shape index (κ3) is 3.23. The first-order chi connectivity index (χ1) is 9.78. The minimum absolute atomic E-state index is 0.706. The van der Waals surface area contributed by atoms with Crippen LogP contribution in [0.4, 0.5) is 5.69 Å². The Labute approximate surface area is 120 Å². The summed E-state index contributed by atoms with van der Waals surface area (Å²) in [6, 6.07) is 14.2. The van der Waals surface area contributed by atoms with Gasteiger partial charge in [0, 0.05) is 17.8 Å².